The summed E-state index contributed by atoms with van der Waals surface area (Å²) in [5, 5.41) is 2.70. The quantitative estimate of drug-likeness (QED) is 0.878. The summed E-state index contributed by atoms with van der Waals surface area (Å²) in [5.74, 6) is -0.0917. The molecule has 0 saturated heterocycles. The van der Waals surface area contributed by atoms with Gasteiger partial charge in [0.2, 0.25) is 15.9 Å². The Balaban J connectivity index is 2.04. The lowest BCUT2D eigenvalue weighted by atomic mass is 9.96. The fraction of sp³-hybridized carbons (Fsp3) is 0.533. The van der Waals surface area contributed by atoms with Crippen molar-refractivity contribution in [3.05, 3.63) is 24.3 Å². The Kier molecular flexibility index (Phi) is 5.36. The molecular formula is C15H22N2O3S. The van der Waals surface area contributed by atoms with Gasteiger partial charge in [-0.1, -0.05) is 26.2 Å². The number of nitrogens with one attached hydrogen (secondary N) is 2. The maximum Gasteiger partial charge on any atom is 0.240 e. The predicted molar refractivity (Wildman–Crippen MR) is 82.6 cm³/mol. The molecule has 1 saturated carbocycles. The molecule has 2 rings (SSSR count). The second-order valence-electron chi connectivity index (χ2n) is 5.38. The van der Waals surface area contributed by atoms with E-state index in [4.69, 9.17) is 0 Å². The molecule has 0 aromatic heterocycles. The normalized spacial score (nSPS) is 16.6. The minimum Gasteiger partial charge on any atom is -0.326 e. The van der Waals surface area contributed by atoms with Crippen molar-refractivity contribution >= 4 is 21.6 Å². The molecule has 1 aromatic rings. The van der Waals surface area contributed by atoms with Crippen molar-refractivity contribution in [2.45, 2.75) is 56.4 Å². The van der Waals surface area contributed by atoms with Gasteiger partial charge in [-0.3, -0.25) is 4.79 Å². The SMILES string of the molecule is CCC(=O)Nc1ccc(S(=O)(=O)NC2CCCCC2)cc1. The van der Waals surface area contributed by atoms with Crippen LogP contribution in [0.3, 0.4) is 0 Å². The molecular weight excluding hydrogens is 288 g/mol. The van der Waals surface area contributed by atoms with Crippen LogP contribution in [-0.4, -0.2) is 20.4 Å². The Morgan fingerprint density at radius 3 is 2.33 bits per heavy atom. The Morgan fingerprint density at radius 2 is 1.76 bits per heavy atom. The van der Waals surface area contributed by atoms with E-state index in [0.29, 0.717) is 12.1 Å². The molecule has 1 aliphatic carbocycles. The molecule has 0 bridgehead atoms. The van der Waals surface area contributed by atoms with E-state index in [9.17, 15) is 13.2 Å². The summed E-state index contributed by atoms with van der Waals surface area (Å²) in [6, 6.07) is 6.32. The molecule has 1 aromatic carbocycles. The highest BCUT2D eigenvalue weighted by atomic mass is 32.2. The molecule has 5 nitrogen and oxygen atoms in total. The number of rotatable bonds is 5. The number of hydrogen-bond acceptors (Lipinski definition) is 3. The molecule has 0 unspecified atom stereocenters. The summed E-state index contributed by atoms with van der Waals surface area (Å²) in [5.41, 5.74) is 0.610. The van der Waals surface area contributed by atoms with Crippen LogP contribution in [0, 0.1) is 0 Å². The van der Waals surface area contributed by atoms with Gasteiger partial charge in [0.25, 0.3) is 0 Å². The Bertz CT molecular complexity index is 575. The van der Waals surface area contributed by atoms with Crippen LogP contribution >= 0.6 is 0 Å². The van der Waals surface area contributed by atoms with E-state index in [1.54, 1.807) is 19.1 Å². The van der Waals surface area contributed by atoms with Crippen molar-refractivity contribution in [1.29, 1.82) is 0 Å². The van der Waals surface area contributed by atoms with Crippen LogP contribution in [-0.2, 0) is 14.8 Å². The highest BCUT2D eigenvalue weighted by Crippen LogP contribution is 2.20. The van der Waals surface area contributed by atoms with E-state index in [-0.39, 0.29) is 16.8 Å². The molecule has 116 valence electrons. The van der Waals surface area contributed by atoms with Gasteiger partial charge in [0, 0.05) is 18.2 Å². The van der Waals surface area contributed by atoms with E-state index in [2.05, 4.69) is 10.0 Å². The summed E-state index contributed by atoms with van der Waals surface area (Å²) >= 11 is 0. The molecule has 6 heteroatoms. The average Bonchev–Trinajstić information content (AvgIpc) is 2.48. The molecule has 0 spiro atoms. The van der Waals surface area contributed by atoms with Gasteiger partial charge in [-0.15, -0.1) is 0 Å². The van der Waals surface area contributed by atoms with Crippen molar-refractivity contribution in [3.8, 4) is 0 Å². The largest absolute Gasteiger partial charge is 0.326 e. The van der Waals surface area contributed by atoms with Crippen molar-refractivity contribution < 1.29 is 13.2 Å². The maximum absolute atomic E-state index is 12.3. The number of anilines is 1. The van der Waals surface area contributed by atoms with Gasteiger partial charge in [-0.25, -0.2) is 13.1 Å². The summed E-state index contributed by atoms with van der Waals surface area (Å²) in [4.78, 5) is 11.5. The first-order valence-electron chi connectivity index (χ1n) is 7.43. The molecule has 21 heavy (non-hydrogen) atoms. The van der Waals surface area contributed by atoms with Crippen LogP contribution in [0.15, 0.2) is 29.2 Å². The lowest BCUT2D eigenvalue weighted by Gasteiger charge is -2.22. The third-order valence-electron chi connectivity index (χ3n) is 3.70. The lowest BCUT2D eigenvalue weighted by Crippen LogP contribution is -2.36. The van der Waals surface area contributed by atoms with E-state index in [1.807, 2.05) is 0 Å². The number of carbonyl (C=O) groups is 1. The summed E-state index contributed by atoms with van der Waals surface area (Å²) < 4.78 is 27.4. The third-order valence-corrected chi connectivity index (χ3v) is 5.23. The standard InChI is InChI=1S/C15H22N2O3S/c1-2-15(18)16-12-8-10-14(11-9-12)21(19,20)17-13-6-4-3-5-7-13/h8-11,13,17H,2-7H2,1H3,(H,16,18). The van der Waals surface area contributed by atoms with Gasteiger partial charge in [0.15, 0.2) is 0 Å². The number of sulfonamides is 1. The summed E-state index contributed by atoms with van der Waals surface area (Å²) in [6.07, 6.45) is 5.55. The van der Waals surface area contributed by atoms with Gasteiger partial charge >= 0.3 is 0 Å². The third kappa shape index (κ3) is 4.54. The average molecular weight is 310 g/mol. The fourth-order valence-corrected chi connectivity index (χ4v) is 3.78. The topological polar surface area (TPSA) is 75.3 Å². The zero-order chi connectivity index (χ0) is 15.3. The molecule has 2 N–H and O–H groups in total. The fourth-order valence-electron chi connectivity index (χ4n) is 2.47. The smallest absolute Gasteiger partial charge is 0.240 e. The van der Waals surface area contributed by atoms with Gasteiger partial charge in [-0.05, 0) is 37.1 Å². The first kappa shape index (κ1) is 16.0. The van der Waals surface area contributed by atoms with Crippen LogP contribution in [0.5, 0.6) is 0 Å². The Hall–Kier alpha value is -1.40. The highest BCUT2D eigenvalue weighted by Gasteiger charge is 2.21. The Morgan fingerprint density at radius 1 is 1.14 bits per heavy atom. The van der Waals surface area contributed by atoms with Crippen molar-refractivity contribution in [3.63, 3.8) is 0 Å². The molecule has 0 radical (unpaired) electrons. The number of carbonyl (C=O) groups excluding carboxylic acids is 1. The van der Waals surface area contributed by atoms with Crippen molar-refractivity contribution in [2.75, 3.05) is 5.32 Å². The first-order chi connectivity index (χ1) is 10.0. The van der Waals surface area contributed by atoms with Crippen molar-refractivity contribution in [1.82, 2.24) is 4.72 Å². The van der Waals surface area contributed by atoms with E-state index in [1.165, 1.54) is 18.6 Å². The monoisotopic (exact) mass is 310 g/mol. The molecule has 0 atom stereocenters. The zero-order valence-electron chi connectivity index (χ0n) is 12.3. The second-order valence-corrected chi connectivity index (χ2v) is 7.10. The van der Waals surface area contributed by atoms with Crippen LogP contribution in [0.25, 0.3) is 0 Å². The van der Waals surface area contributed by atoms with E-state index >= 15 is 0 Å². The molecule has 1 amide bonds. The summed E-state index contributed by atoms with van der Waals surface area (Å²) in [6.45, 7) is 1.77. The number of amides is 1. The van der Waals surface area contributed by atoms with E-state index < -0.39 is 10.0 Å². The van der Waals surface area contributed by atoms with Gasteiger partial charge in [-0.2, -0.15) is 0 Å². The van der Waals surface area contributed by atoms with Crippen LogP contribution < -0.4 is 10.0 Å². The lowest BCUT2D eigenvalue weighted by molar-refractivity contribution is -0.115. The summed E-state index contributed by atoms with van der Waals surface area (Å²) in [7, 11) is -3.47. The number of benzene rings is 1. The molecule has 0 aliphatic heterocycles. The minimum absolute atomic E-state index is 0.0446. The van der Waals surface area contributed by atoms with Gasteiger partial charge in [0.05, 0.1) is 4.90 Å². The predicted octanol–water partition coefficient (Wildman–Crippen LogP) is 2.65. The molecule has 1 aliphatic rings. The van der Waals surface area contributed by atoms with Crippen molar-refractivity contribution in [2.24, 2.45) is 0 Å². The van der Waals surface area contributed by atoms with Gasteiger partial charge in [0.1, 0.15) is 0 Å². The first-order valence-corrected chi connectivity index (χ1v) is 8.92. The van der Waals surface area contributed by atoms with Crippen LogP contribution in [0.4, 0.5) is 5.69 Å². The Labute approximate surface area is 126 Å². The minimum atomic E-state index is -3.47. The van der Waals surface area contributed by atoms with E-state index in [0.717, 1.165) is 25.7 Å². The van der Waals surface area contributed by atoms with Crippen LogP contribution in [0.1, 0.15) is 45.4 Å². The second kappa shape index (κ2) is 7.04. The molecule has 0 heterocycles. The maximum atomic E-state index is 12.3. The van der Waals surface area contributed by atoms with Gasteiger partial charge < -0.3 is 5.32 Å². The highest BCUT2D eigenvalue weighted by molar-refractivity contribution is 7.89. The zero-order valence-corrected chi connectivity index (χ0v) is 13.1. The van der Waals surface area contributed by atoms with Crippen LogP contribution in [0.2, 0.25) is 0 Å². The molecule has 1 fully saturated rings. The number of hydrogen-bond donors (Lipinski definition) is 2.